The van der Waals surface area contributed by atoms with E-state index in [4.69, 9.17) is 0 Å². The van der Waals surface area contributed by atoms with E-state index in [1.54, 1.807) is 0 Å². The van der Waals surface area contributed by atoms with Gasteiger partial charge in [0, 0.05) is 0 Å². The van der Waals surface area contributed by atoms with Gasteiger partial charge in [-0.25, -0.2) is 43.5 Å². The zero-order valence-electron chi connectivity index (χ0n) is 14.7. The zero-order valence-corrected chi connectivity index (χ0v) is 18.7. The molecule has 0 aliphatic heterocycles. The average Bonchev–Trinajstić information content (AvgIpc) is 2.62. The molecule has 21 heteroatoms. The third-order valence-corrected chi connectivity index (χ3v) is 4.35. The van der Waals surface area contributed by atoms with E-state index in [9.17, 15) is 83.2 Å². The van der Waals surface area contributed by atoms with Gasteiger partial charge in [0.25, 0.3) is 11.9 Å². The van der Waals surface area contributed by atoms with Crippen LogP contribution in [-0.2, 0) is 10.1 Å². The largest absolute Gasteiger partial charge is 1.00 e. The Bertz CT molecular complexity index is 718. The van der Waals surface area contributed by atoms with Crippen molar-refractivity contribution in [3.05, 3.63) is 0 Å². The van der Waals surface area contributed by atoms with Crippen LogP contribution in [0, 0.1) is 0 Å². The molecule has 6 atom stereocenters. The third-order valence-electron chi connectivity index (χ3n) is 3.55. The number of alkyl halides is 16. The number of hydrogen-bond donors (Lipinski definition) is 0. The molecule has 188 valence electrons. The number of hydrogen-bond acceptors (Lipinski definition) is 3. The molecular formula is C11H7F16KO3S. The first-order valence-electron chi connectivity index (χ1n) is 6.99. The first kappa shape index (κ1) is 34.6. The molecular weight excluding hydrogens is 555 g/mol. The number of halogens is 16. The Labute approximate surface area is 210 Å². The van der Waals surface area contributed by atoms with Crippen LogP contribution in [0.1, 0.15) is 0 Å². The summed E-state index contributed by atoms with van der Waals surface area (Å²) in [6.45, 7) is 0. The van der Waals surface area contributed by atoms with E-state index < -0.39 is 76.6 Å². The Balaban J connectivity index is 0. The maximum Gasteiger partial charge on any atom is 1.00 e. The van der Waals surface area contributed by atoms with E-state index in [2.05, 4.69) is 0 Å². The van der Waals surface area contributed by atoms with Crippen molar-refractivity contribution in [2.24, 2.45) is 0 Å². The van der Waals surface area contributed by atoms with Gasteiger partial charge < -0.3 is 4.55 Å². The van der Waals surface area contributed by atoms with Crippen molar-refractivity contribution in [3.8, 4) is 0 Å². The van der Waals surface area contributed by atoms with Crippen LogP contribution in [0.4, 0.5) is 70.2 Å². The molecule has 0 aromatic carbocycles. The minimum absolute atomic E-state index is 0. The molecule has 0 amide bonds. The summed E-state index contributed by atoms with van der Waals surface area (Å²) < 4.78 is 238. The molecule has 6 unspecified atom stereocenters. The van der Waals surface area contributed by atoms with Crippen molar-refractivity contribution >= 4 is 10.1 Å². The second kappa shape index (κ2) is 11.0. The fraction of sp³-hybridized carbons (Fsp3) is 1.00. The van der Waals surface area contributed by atoms with Crippen LogP contribution < -0.4 is 51.4 Å². The zero-order chi connectivity index (χ0) is 25.5. The monoisotopic (exact) mass is 562 g/mol. The smallest absolute Gasteiger partial charge is 0.746 e. The molecule has 0 fully saturated rings. The van der Waals surface area contributed by atoms with Crippen LogP contribution in [0.25, 0.3) is 0 Å². The quantitative estimate of drug-likeness (QED) is 0.217. The predicted octanol–water partition coefficient (Wildman–Crippen LogP) is 1.33. The van der Waals surface area contributed by atoms with Crippen LogP contribution in [0.3, 0.4) is 0 Å². The molecule has 0 spiro atoms. The summed E-state index contributed by atoms with van der Waals surface area (Å²) in [6.07, 6.45) is -29.2. The minimum Gasteiger partial charge on any atom is -0.746 e. The second-order valence-corrected chi connectivity index (χ2v) is 7.12. The first-order valence-corrected chi connectivity index (χ1v) is 8.46. The van der Waals surface area contributed by atoms with Gasteiger partial charge in [-0.05, 0) is 0 Å². The molecule has 0 saturated carbocycles. The van der Waals surface area contributed by atoms with E-state index in [-0.39, 0.29) is 51.4 Å². The Morgan fingerprint density at radius 1 is 0.562 bits per heavy atom. The molecule has 0 saturated heterocycles. The molecule has 0 aromatic heterocycles. The van der Waals surface area contributed by atoms with Gasteiger partial charge in [0.1, 0.15) is 10.1 Å². The van der Waals surface area contributed by atoms with Gasteiger partial charge in [0.2, 0.25) is 6.17 Å². The maximum absolute atomic E-state index is 13.4. The SMILES string of the molecule is O=S(=O)([O-])C(F)C(F)(F)C(F)(F)C(F)(F)C(F)(F)C(F)C(F)C(F)C(F)C(F)C(F)F.[K+]. The minimum atomic E-state index is -8.02. The molecule has 0 heterocycles. The van der Waals surface area contributed by atoms with Gasteiger partial charge in [-0.1, -0.05) is 0 Å². The van der Waals surface area contributed by atoms with Crippen molar-refractivity contribution in [1.82, 2.24) is 0 Å². The fourth-order valence-corrected chi connectivity index (χ4v) is 2.28. The van der Waals surface area contributed by atoms with Crippen LogP contribution in [0.2, 0.25) is 0 Å². The van der Waals surface area contributed by atoms with Gasteiger partial charge >= 0.3 is 75.1 Å². The van der Waals surface area contributed by atoms with Crippen LogP contribution >= 0.6 is 0 Å². The topological polar surface area (TPSA) is 57.2 Å². The van der Waals surface area contributed by atoms with Crippen molar-refractivity contribution in [2.45, 2.75) is 66.5 Å². The van der Waals surface area contributed by atoms with E-state index in [0.717, 1.165) is 0 Å². The maximum atomic E-state index is 13.4. The van der Waals surface area contributed by atoms with Crippen molar-refractivity contribution in [1.29, 1.82) is 0 Å². The molecule has 0 bridgehead atoms. The summed E-state index contributed by atoms with van der Waals surface area (Å²) in [5.74, 6) is -31.1. The second-order valence-electron chi connectivity index (χ2n) is 5.72. The summed E-state index contributed by atoms with van der Waals surface area (Å²) in [5, 5.41) is 0. The molecule has 0 N–H and O–H groups in total. The molecule has 32 heavy (non-hydrogen) atoms. The molecule has 3 nitrogen and oxygen atoms in total. The van der Waals surface area contributed by atoms with Crippen LogP contribution in [0.15, 0.2) is 0 Å². The van der Waals surface area contributed by atoms with Gasteiger partial charge in [0.15, 0.2) is 24.7 Å². The summed E-state index contributed by atoms with van der Waals surface area (Å²) in [5.41, 5.74) is -5.83. The van der Waals surface area contributed by atoms with E-state index in [1.807, 2.05) is 0 Å². The van der Waals surface area contributed by atoms with Crippen LogP contribution in [0.5, 0.6) is 0 Å². The van der Waals surface area contributed by atoms with Crippen molar-refractivity contribution < 1.29 is 135 Å². The Morgan fingerprint density at radius 2 is 0.875 bits per heavy atom. The number of rotatable bonds is 11. The molecule has 0 radical (unpaired) electrons. The standard InChI is InChI=1S/C11H8F16O3S.K/c12-1(2(13)4(15)6(17)18)3(14)5(16)8(20,21)10(24,25)11(26,27)9(22,23)7(19)31(28,29)30;/h1-7H,(H,28,29,30);/q;+1/p-1. The summed E-state index contributed by atoms with van der Waals surface area (Å²) >= 11 is 0. The van der Waals surface area contributed by atoms with Crippen LogP contribution in [-0.4, -0.2) is 79.4 Å². The summed E-state index contributed by atoms with van der Waals surface area (Å²) in [7, 11) is -7.24. The molecule has 0 aromatic rings. The summed E-state index contributed by atoms with van der Waals surface area (Å²) in [6, 6.07) is 0. The van der Waals surface area contributed by atoms with Crippen molar-refractivity contribution in [3.63, 3.8) is 0 Å². The molecule has 0 rings (SSSR count). The van der Waals surface area contributed by atoms with E-state index >= 15 is 0 Å². The predicted molar refractivity (Wildman–Crippen MR) is 64.9 cm³/mol. The van der Waals surface area contributed by atoms with Gasteiger partial charge in [-0.3, -0.25) is 0 Å². The fourth-order valence-electron chi connectivity index (χ4n) is 1.77. The van der Waals surface area contributed by atoms with E-state index in [1.165, 1.54) is 0 Å². The normalized spacial score (nSPS) is 20.2. The molecule has 0 aliphatic rings. The van der Waals surface area contributed by atoms with E-state index in [0.29, 0.717) is 0 Å². The van der Waals surface area contributed by atoms with Crippen molar-refractivity contribution in [2.75, 3.05) is 0 Å². The summed E-state index contributed by atoms with van der Waals surface area (Å²) in [4.78, 5) is 0. The Kier molecular flexibility index (Phi) is 11.9. The first-order chi connectivity index (χ1) is 13.4. The van der Waals surface area contributed by atoms with Gasteiger partial charge in [0.05, 0.1) is 0 Å². The van der Waals surface area contributed by atoms with Gasteiger partial charge in [-0.2, -0.15) is 35.1 Å². The Hall–Kier alpha value is 0.426. The van der Waals surface area contributed by atoms with Gasteiger partial charge in [-0.15, -0.1) is 0 Å². The Morgan fingerprint density at radius 3 is 1.19 bits per heavy atom. The molecule has 0 aliphatic carbocycles. The average molecular weight is 562 g/mol. The third kappa shape index (κ3) is 6.15.